The first-order valence-corrected chi connectivity index (χ1v) is 12.2. The Morgan fingerprint density at radius 3 is 2.40 bits per heavy atom. The largest absolute Gasteiger partial charge is 0.481 e. The predicted octanol–water partition coefficient (Wildman–Crippen LogP) is 3.25. The predicted molar refractivity (Wildman–Crippen MR) is 128 cm³/mol. The molecule has 1 aliphatic carbocycles. The van der Waals surface area contributed by atoms with E-state index in [2.05, 4.69) is 29.6 Å². The molecule has 2 amide bonds. The zero-order valence-corrected chi connectivity index (χ0v) is 19.5. The van der Waals surface area contributed by atoms with E-state index in [9.17, 15) is 19.5 Å². The van der Waals surface area contributed by atoms with E-state index < -0.39 is 24.1 Å². The van der Waals surface area contributed by atoms with E-state index in [1.807, 2.05) is 24.3 Å². The maximum absolute atomic E-state index is 13.0. The Hall–Kier alpha value is -3.39. The van der Waals surface area contributed by atoms with E-state index in [-0.39, 0.29) is 37.4 Å². The van der Waals surface area contributed by atoms with Crippen LogP contribution in [0, 0.1) is 11.8 Å². The quantitative estimate of drug-likeness (QED) is 0.660. The summed E-state index contributed by atoms with van der Waals surface area (Å²) in [6.07, 6.45) is 0.705. The molecule has 5 rings (SSSR count). The van der Waals surface area contributed by atoms with Gasteiger partial charge in [-0.2, -0.15) is 0 Å². The number of rotatable bonds is 6. The van der Waals surface area contributed by atoms with Crippen molar-refractivity contribution in [3.8, 4) is 11.1 Å². The van der Waals surface area contributed by atoms with Gasteiger partial charge in [-0.1, -0.05) is 48.5 Å². The third kappa shape index (κ3) is 4.75. The van der Waals surface area contributed by atoms with Crippen molar-refractivity contribution >= 4 is 18.0 Å². The number of nitrogens with one attached hydrogen (secondary N) is 1. The zero-order chi connectivity index (χ0) is 24.4. The Morgan fingerprint density at radius 2 is 1.71 bits per heavy atom. The van der Waals surface area contributed by atoms with Gasteiger partial charge >= 0.3 is 12.1 Å². The molecular formula is C27H30N2O6. The molecule has 2 aromatic carbocycles. The summed E-state index contributed by atoms with van der Waals surface area (Å²) in [5.74, 6) is -1.78. The molecule has 0 saturated carbocycles. The summed E-state index contributed by atoms with van der Waals surface area (Å²) >= 11 is 0. The molecule has 3 aliphatic rings. The molecule has 0 spiro atoms. The number of likely N-dealkylation sites (tertiary alicyclic amines) is 1. The molecule has 2 aromatic rings. The lowest BCUT2D eigenvalue weighted by molar-refractivity contribution is -0.149. The van der Waals surface area contributed by atoms with Gasteiger partial charge < -0.3 is 24.8 Å². The molecular weight excluding hydrogens is 448 g/mol. The molecule has 0 bridgehead atoms. The van der Waals surface area contributed by atoms with E-state index in [4.69, 9.17) is 9.47 Å². The fraction of sp³-hybridized carbons (Fsp3) is 0.444. The minimum absolute atomic E-state index is 0.0152. The minimum atomic E-state index is -0.872. The van der Waals surface area contributed by atoms with Gasteiger partial charge in [0, 0.05) is 38.1 Å². The number of benzene rings is 2. The second-order valence-corrected chi connectivity index (χ2v) is 9.51. The Labute approximate surface area is 204 Å². The first-order valence-electron chi connectivity index (χ1n) is 12.2. The average molecular weight is 479 g/mol. The van der Waals surface area contributed by atoms with Crippen LogP contribution in [0.1, 0.15) is 36.3 Å². The van der Waals surface area contributed by atoms with Crippen LogP contribution >= 0.6 is 0 Å². The summed E-state index contributed by atoms with van der Waals surface area (Å²) in [6, 6.07) is 16.3. The maximum Gasteiger partial charge on any atom is 0.407 e. The molecule has 2 aliphatic heterocycles. The highest BCUT2D eigenvalue weighted by atomic mass is 16.5. The van der Waals surface area contributed by atoms with Crippen LogP contribution in [0.25, 0.3) is 11.1 Å². The van der Waals surface area contributed by atoms with Crippen LogP contribution in [0.4, 0.5) is 4.79 Å². The van der Waals surface area contributed by atoms with Crippen molar-refractivity contribution in [2.45, 2.75) is 31.3 Å². The molecule has 0 radical (unpaired) electrons. The number of carbonyl (C=O) groups is 3. The summed E-state index contributed by atoms with van der Waals surface area (Å²) in [4.78, 5) is 38.5. The number of hydrogen-bond donors (Lipinski definition) is 2. The van der Waals surface area contributed by atoms with Gasteiger partial charge in [-0.25, -0.2) is 4.79 Å². The van der Waals surface area contributed by atoms with E-state index in [0.717, 1.165) is 11.1 Å². The van der Waals surface area contributed by atoms with Crippen LogP contribution in [-0.2, 0) is 19.1 Å². The Kier molecular flexibility index (Phi) is 6.72. The molecule has 8 nitrogen and oxygen atoms in total. The van der Waals surface area contributed by atoms with Crippen LogP contribution in [0.3, 0.4) is 0 Å². The van der Waals surface area contributed by atoms with Gasteiger partial charge in [0.25, 0.3) is 5.91 Å². The normalized spacial score (nSPS) is 23.4. The van der Waals surface area contributed by atoms with Gasteiger partial charge in [0.05, 0.1) is 5.92 Å². The Morgan fingerprint density at radius 1 is 1.03 bits per heavy atom. The lowest BCUT2D eigenvalue weighted by atomic mass is 9.95. The van der Waals surface area contributed by atoms with E-state index in [1.54, 1.807) is 4.90 Å². The number of carbonyl (C=O) groups excluding carboxylic acids is 2. The highest BCUT2D eigenvalue weighted by Crippen LogP contribution is 2.44. The summed E-state index contributed by atoms with van der Waals surface area (Å²) in [5, 5.41) is 12.1. The standard InChI is InChI=1S/C27H30N2O6/c30-25(29-12-5-6-18(15-29)26(31)32)24-17(11-13-34-24)14-28-27(33)35-16-23-21-9-3-1-7-19(21)20-8-2-4-10-22(20)23/h1-4,7-10,17-18,23-24H,5-6,11-16H2,(H,28,33)(H,31,32)/t17?,18-,24?/m0/s1. The molecule has 2 saturated heterocycles. The molecule has 0 aromatic heterocycles. The van der Waals surface area contributed by atoms with Crippen molar-refractivity contribution in [2.24, 2.45) is 11.8 Å². The topological polar surface area (TPSA) is 105 Å². The summed E-state index contributed by atoms with van der Waals surface area (Å²) in [6.45, 7) is 1.68. The van der Waals surface area contributed by atoms with E-state index in [0.29, 0.717) is 32.4 Å². The molecule has 3 atom stereocenters. The van der Waals surface area contributed by atoms with Gasteiger partial charge in [-0.3, -0.25) is 9.59 Å². The first kappa shape index (κ1) is 23.4. The molecule has 35 heavy (non-hydrogen) atoms. The highest BCUT2D eigenvalue weighted by molar-refractivity contribution is 5.83. The summed E-state index contributed by atoms with van der Waals surface area (Å²) in [7, 11) is 0. The fourth-order valence-corrected chi connectivity index (χ4v) is 5.54. The number of ether oxygens (including phenoxy) is 2. The number of fused-ring (bicyclic) bond motifs is 3. The van der Waals surface area contributed by atoms with Gasteiger partial charge in [0.15, 0.2) is 0 Å². The number of hydrogen-bond acceptors (Lipinski definition) is 5. The second kappa shape index (κ2) is 10.1. The maximum atomic E-state index is 13.0. The third-order valence-electron chi connectivity index (χ3n) is 7.39. The van der Waals surface area contributed by atoms with E-state index in [1.165, 1.54) is 11.1 Å². The Balaban J connectivity index is 1.15. The van der Waals surface area contributed by atoms with Crippen LogP contribution < -0.4 is 5.32 Å². The monoisotopic (exact) mass is 478 g/mol. The van der Waals surface area contributed by atoms with Crippen molar-refractivity contribution in [1.29, 1.82) is 0 Å². The molecule has 184 valence electrons. The lowest BCUT2D eigenvalue weighted by Crippen LogP contribution is -2.49. The summed E-state index contributed by atoms with van der Waals surface area (Å²) < 4.78 is 11.3. The third-order valence-corrected chi connectivity index (χ3v) is 7.39. The number of amides is 2. The number of carboxylic acid groups (broad SMARTS) is 1. The minimum Gasteiger partial charge on any atom is -0.481 e. The molecule has 2 unspecified atom stereocenters. The van der Waals surface area contributed by atoms with Crippen molar-refractivity contribution < 1.29 is 29.0 Å². The Bertz CT molecular complexity index is 1070. The van der Waals surface area contributed by atoms with Crippen LogP contribution in [-0.4, -0.2) is 66.9 Å². The van der Waals surface area contributed by atoms with Crippen LogP contribution in [0.15, 0.2) is 48.5 Å². The van der Waals surface area contributed by atoms with Gasteiger partial charge in [0.2, 0.25) is 0 Å². The number of carboxylic acids is 1. The number of alkyl carbamates (subject to hydrolysis) is 1. The first-order chi connectivity index (χ1) is 17.0. The van der Waals surface area contributed by atoms with Crippen molar-refractivity contribution in [3.05, 3.63) is 59.7 Å². The van der Waals surface area contributed by atoms with Crippen LogP contribution in [0.2, 0.25) is 0 Å². The number of aliphatic carboxylic acids is 1. The van der Waals surface area contributed by atoms with Crippen LogP contribution in [0.5, 0.6) is 0 Å². The van der Waals surface area contributed by atoms with E-state index >= 15 is 0 Å². The lowest BCUT2D eigenvalue weighted by Gasteiger charge is -2.33. The van der Waals surface area contributed by atoms with Crippen molar-refractivity contribution in [3.63, 3.8) is 0 Å². The second-order valence-electron chi connectivity index (χ2n) is 9.51. The molecule has 2 N–H and O–H groups in total. The average Bonchev–Trinajstić information content (AvgIpc) is 3.48. The van der Waals surface area contributed by atoms with Gasteiger partial charge in [0.1, 0.15) is 12.7 Å². The molecule has 8 heteroatoms. The molecule has 2 heterocycles. The fourth-order valence-electron chi connectivity index (χ4n) is 5.54. The highest BCUT2D eigenvalue weighted by Gasteiger charge is 2.39. The zero-order valence-electron chi connectivity index (χ0n) is 19.5. The van der Waals surface area contributed by atoms with Crippen molar-refractivity contribution in [1.82, 2.24) is 10.2 Å². The molecule has 2 fully saturated rings. The number of piperidine rings is 1. The van der Waals surface area contributed by atoms with Gasteiger partial charge in [-0.15, -0.1) is 0 Å². The van der Waals surface area contributed by atoms with Gasteiger partial charge in [-0.05, 0) is 41.5 Å². The summed E-state index contributed by atoms with van der Waals surface area (Å²) in [5.41, 5.74) is 4.64. The number of nitrogens with zero attached hydrogens (tertiary/aromatic N) is 1. The smallest absolute Gasteiger partial charge is 0.407 e. The SMILES string of the molecule is O=C(NCC1CCOC1C(=O)N1CCC[C@H](C(=O)O)C1)OCC1c2ccccc2-c2ccccc21. The van der Waals surface area contributed by atoms with Crippen molar-refractivity contribution in [2.75, 3.05) is 32.8 Å².